The van der Waals surface area contributed by atoms with Crippen molar-refractivity contribution in [3.63, 3.8) is 0 Å². The maximum atomic E-state index is 5.75. The van der Waals surface area contributed by atoms with E-state index in [-0.39, 0.29) is 0 Å². The first kappa shape index (κ1) is 19.3. The van der Waals surface area contributed by atoms with Gasteiger partial charge in [0.2, 0.25) is 11.6 Å². The maximum Gasteiger partial charge on any atom is 0.277 e. The zero-order valence-corrected chi connectivity index (χ0v) is 17.4. The summed E-state index contributed by atoms with van der Waals surface area (Å²) in [4.78, 5) is 4.37. The summed E-state index contributed by atoms with van der Waals surface area (Å²) in [6.07, 6.45) is 0. The second kappa shape index (κ2) is 8.53. The van der Waals surface area contributed by atoms with E-state index in [1.54, 1.807) is 44.8 Å². The number of methoxy groups -OCH3 is 3. The van der Waals surface area contributed by atoms with Gasteiger partial charge in [0.25, 0.3) is 11.1 Å². The molecule has 0 atom stereocenters. The Morgan fingerprint density at radius 2 is 1.79 bits per heavy atom. The first-order chi connectivity index (χ1) is 14.2. The molecule has 0 saturated carbocycles. The first-order valence-electron chi connectivity index (χ1n) is 8.33. The Morgan fingerprint density at radius 1 is 1.00 bits per heavy atom. The molecular weight excluding hydrogens is 416 g/mol. The second-order valence-electron chi connectivity index (χ2n) is 5.60. The molecule has 0 aliphatic rings. The van der Waals surface area contributed by atoms with Gasteiger partial charge in [0.15, 0.2) is 17.3 Å². The van der Waals surface area contributed by atoms with Crippen LogP contribution in [0.3, 0.4) is 0 Å². The monoisotopic (exact) mass is 432 g/mol. The van der Waals surface area contributed by atoms with Crippen molar-refractivity contribution < 1.29 is 23.2 Å². The molecule has 9 nitrogen and oxygen atoms in total. The molecule has 0 amide bonds. The molecule has 0 radical (unpaired) electrons. The lowest BCUT2D eigenvalue weighted by molar-refractivity contribution is 0.324. The molecule has 4 aromatic rings. The van der Waals surface area contributed by atoms with Gasteiger partial charge in [-0.05, 0) is 23.6 Å². The van der Waals surface area contributed by atoms with E-state index < -0.39 is 0 Å². The van der Waals surface area contributed by atoms with Crippen LogP contribution in [0.4, 0.5) is 0 Å². The highest BCUT2D eigenvalue weighted by atomic mass is 32.2. The summed E-state index contributed by atoms with van der Waals surface area (Å²) in [7, 11) is 4.64. The van der Waals surface area contributed by atoms with Crippen LogP contribution in [0.5, 0.6) is 17.2 Å². The Balaban J connectivity index is 1.49. The molecule has 0 N–H and O–H groups in total. The van der Waals surface area contributed by atoms with Crippen molar-refractivity contribution in [1.82, 2.24) is 20.3 Å². The highest BCUT2D eigenvalue weighted by molar-refractivity contribution is 7.98. The molecule has 11 heteroatoms. The van der Waals surface area contributed by atoms with Crippen LogP contribution in [-0.4, -0.2) is 41.7 Å². The predicted octanol–water partition coefficient (Wildman–Crippen LogP) is 4.17. The number of nitrogens with zero attached hydrogens (tertiary/aromatic N) is 4. The summed E-state index contributed by atoms with van der Waals surface area (Å²) >= 11 is 2.89. The lowest BCUT2D eigenvalue weighted by Gasteiger charge is -2.12. The molecular formula is C18H16N4O5S2. The van der Waals surface area contributed by atoms with Crippen LogP contribution in [0, 0.1) is 0 Å². The molecule has 0 aliphatic carbocycles. The van der Waals surface area contributed by atoms with Gasteiger partial charge in [0.05, 0.1) is 32.6 Å². The average molecular weight is 432 g/mol. The van der Waals surface area contributed by atoms with E-state index in [4.69, 9.17) is 23.2 Å². The van der Waals surface area contributed by atoms with Crippen molar-refractivity contribution in [3.05, 3.63) is 34.8 Å². The SMILES string of the molecule is COc1cc(-c2nnc(SCc3noc(-c4ccsc4)n3)o2)cc(OC)c1OC. The van der Waals surface area contributed by atoms with Crippen molar-refractivity contribution in [2.45, 2.75) is 11.0 Å². The van der Waals surface area contributed by atoms with Gasteiger partial charge in [-0.1, -0.05) is 16.9 Å². The Morgan fingerprint density at radius 3 is 2.45 bits per heavy atom. The average Bonchev–Trinajstić information content (AvgIpc) is 3.52. The molecule has 29 heavy (non-hydrogen) atoms. The van der Waals surface area contributed by atoms with E-state index in [9.17, 15) is 0 Å². The number of ether oxygens (including phenoxy) is 3. The van der Waals surface area contributed by atoms with Gasteiger partial charge in [-0.25, -0.2) is 0 Å². The predicted molar refractivity (Wildman–Crippen MR) is 107 cm³/mol. The normalized spacial score (nSPS) is 10.9. The molecule has 0 unspecified atom stereocenters. The Bertz CT molecular complexity index is 1070. The van der Waals surface area contributed by atoms with Crippen LogP contribution >= 0.6 is 23.1 Å². The van der Waals surface area contributed by atoms with Gasteiger partial charge >= 0.3 is 0 Å². The number of thioether (sulfide) groups is 1. The number of aromatic nitrogens is 4. The minimum absolute atomic E-state index is 0.332. The zero-order chi connectivity index (χ0) is 20.2. The van der Waals surface area contributed by atoms with Crippen LogP contribution in [0.2, 0.25) is 0 Å². The molecule has 150 valence electrons. The summed E-state index contributed by atoms with van der Waals surface area (Å²) in [6, 6.07) is 5.42. The van der Waals surface area contributed by atoms with Crippen molar-refractivity contribution in [2.24, 2.45) is 0 Å². The lowest BCUT2D eigenvalue weighted by Crippen LogP contribution is -1.95. The third kappa shape index (κ3) is 4.05. The Hall–Kier alpha value is -3.05. The number of hydrogen-bond donors (Lipinski definition) is 0. The summed E-state index contributed by atoms with van der Waals surface area (Å²) in [5.41, 5.74) is 1.55. The summed E-state index contributed by atoms with van der Waals surface area (Å²) in [5, 5.41) is 16.4. The van der Waals surface area contributed by atoms with E-state index in [0.29, 0.717) is 51.4 Å². The fourth-order valence-electron chi connectivity index (χ4n) is 2.53. The molecule has 3 heterocycles. The van der Waals surface area contributed by atoms with Crippen LogP contribution in [0.15, 0.2) is 43.1 Å². The third-order valence-corrected chi connectivity index (χ3v) is 5.38. The second-order valence-corrected chi connectivity index (χ2v) is 7.31. The highest BCUT2D eigenvalue weighted by Crippen LogP contribution is 2.41. The summed E-state index contributed by atoms with van der Waals surface area (Å²) < 4.78 is 27.1. The molecule has 0 spiro atoms. The van der Waals surface area contributed by atoms with Crippen molar-refractivity contribution in [2.75, 3.05) is 21.3 Å². The van der Waals surface area contributed by atoms with Crippen molar-refractivity contribution in [1.29, 1.82) is 0 Å². The van der Waals surface area contributed by atoms with Gasteiger partial charge in [-0.3, -0.25) is 0 Å². The number of thiophene rings is 1. The number of benzene rings is 1. The maximum absolute atomic E-state index is 5.75. The minimum Gasteiger partial charge on any atom is -0.493 e. The van der Waals surface area contributed by atoms with E-state index in [0.717, 1.165) is 5.56 Å². The molecule has 3 aromatic heterocycles. The quantitative estimate of drug-likeness (QED) is 0.377. The number of hydrogen-bond acceptors (Lipinski definition) is 11. The van der Waals surface area contributed by atoms with Gasteiger partial charge in [-0.2, -0.15) is 16.3 Å². The minimum atomic E-state index is 0.332. The fourth-order valence-corrected chi connectivity index (χ4v) is 3.77. The Labute approximate surface area is 174 Å². The van der Waals surface area contributed by atoms with E-state index in [2.05, 4.69) is 20.3 Å². The fraction of sp³-hybridized carbons (Fsp3) is 0.222. The summed E-state index contributed by atoms with van der Waals surface area (Å²) in [5.74, 6) is 3.30. The van der Waals surface area contributed by atoms with Crippen LogP contribution in [-0.2, 0) is 5.75 Å². The third-order valence-electron chi connectivity index (χ3n) is 3.88. The highest BCUT2D eigenvalue weighted by Gasteiger charge is 2.18. The molecule has 0 aliphatic heterocycles. The Kier molecular flexibility index (Phi) is 5.67. The van der Waals surface area contributed by atoms with Crippen LogP contribution < -0.4 is 14.2 Å². The molecule has 4 rings (SSSR count). The first-order valence-corrected chi connectivity index (χ1v) is 10.3. The standard InChI is InChI=1S/C18H16N4O5S2/c1-23-12-6-11(7-13(24-2)15(12)25-3)17-20-21-18(26-17)29-9-14-19-16(27-22-14)10-4-5-28-8-10/h4-8H,9H2,1-3H3. The van der Waals surface area contributed by atoms with Gasteiger partial charge < -0.3 is 23.2 Å². The largest absolute Gasteiger partial charge is 0.493 e. The molecule has 0 bridgehead atoms. The lowest BCUT2D eigenvalue weighted by atomic mass is 10.2. The van der Waals surface area contributed by atoms with Crippen LogP contribution in [0.25, 0.3) is 22.9 Å². The zero-order valence-electron chi connectivity index (χ0n) is 15.7. The van der Waals surface area contributed by atoms with E-state index >= 15 is 0 Å². The molecule has 0 fully saturated rings. The van der Waals surface area contributed by atoms with Gasteiger partial charge in [0, 0.05) is 10.9 Å². The van der Waals surface area contributed by atoms with E-state index in [1.165, 1.54) is 11.8 Å². The van der Waals surface area contributed by atoms with Crippen LogP contribution in [0.1, 0.15) is 5.82 Å². The molecule has 1 aromatic carbocycles. The van der Waals surface area contributed by atoms with Crippen molar-refractivity contribution in [3.8, 4) is 40.2 Å². The van der Waals surface area contributed by atoms with Crippen molar-refractivity contribution >= 4 is 23.1 Å². The van der Waals surface area contributed by atoms with Gasteiger partial charge in [-0.15, -0.1) is 10.2 Å². The van der Waals surface area contributed by atoms with Gasteiger partial charge in [0.1, 0.15) is 0 Å². The smallest absolute Gasteiger partial charge is 0.277 e. The van der Waals surface area contributed by atoms with E-state index in [1.807, 2.05) is 16.8 Å². The summed E-state index contributed by atoms with van der Waals surface area (Å²) in [6.45, 7) is 0. The topological polar surface area (TPSA) is 106 Å². The molecule has 0 saturated heterocycles. The number of rotatable bonds is 8.